The van der Waals surface area contributed by atoms with Gasteiger partial charge in [-0.15, -0.1) is 0 Å². The van der Waals surface area contributed by atoms with Gasteiger partial charge in [-0.3, -0.25) is 19.7 Å². The van der Waals surface area contributed by atoms with Crippen LogP contribution in [0, 0.1) is 15.5 Å². The minimum atomic E-state index is -1.82. The molecule has 0 saturated heterocycles. The monoisotopic (exact) mass is 403 g/mol. The fraction of sp³-hybridized carbons (Fsp3) is 0.389. The van der Waals surface area contributed by atoms with Crippen LogP contribution in [0.3, 0.4) is 0 Å². The SMILES string of the molecule is CC(C)(C)OC(=O)C(=[N+]=[N-])C(=O)C1(C(=O)OC(=O)c2ccc([N+](=O)[O-])cc2)CC1. The molecule has 0 unspecified atom stereocenters. The highest BCUT2D eigenvalue weighted by molar-refractivity contribution is 6.65. The number of nitro groups is 1. The number of hydrogen-bond acceptors (Lipinski definition) is 8. The van der Waals surface area contributed by atoms with Gasteiger partial charge < -0.3 is 15.0 Å². The van der Waals surface area contributed by atoms with E-state index in [-0.39, 0.29) is 24.1 Å². The molecular weight excluding hydrogens is 386 g/mol. The first kappa shape index (κ1) is 21.6. The third-order valence-corrected chi connectivity index (χ3v) is 3.98. The Morgan fingerprint density at radius 3 is 2.10 bits per heavy atom. The lowest BCUT2D eigenvalue weighted by Crippen LogP contribution is -2.41. The number of benzene rings is 1. The van der Waals surface area contributed by atoms with Crippen LogP contribution in [0.25, 0.3) is 5.53 Å². The van der Waals surface area contributed by atoms with Gasteiger partial charge in [-0.1, -0.05) is 0 Å². The molecule has 29 heavy (non-hydrogen) atoms. The second-order valence-corrected chi connectivity index (χ2v) is 7.34. The second kappa shape index (κ2) is 7.72. The lowest BCUT2D eigenvalue weighted by molar-refractivity contribution is -0.384. The summed E-state index contributed by atoms with van der Waals surface area (Å²) in [6.07, 6.45) is -0.0277. The molecule has 0 radical (unpaired) electrons. The first-order chi connectivity index (χ1) is 13.4. The molecule has 11 nitrogen and oxygen atoms in total. The van der Waals surface area contributed by atoms with Gasteiger partial charge in [-0.25, -0.2) is 9.59 Å². The third-order valence-electron chi connectivity index (χ3n) is 3.98. The first-order valence-corrected chi connectivity index (χ1v) is 8.42. The van der Waals surface area contributed by atoms with E-state index in [4.69, 9.17) is 15.0 Å². The zero-order valence-corrected chi connectivity index (χ0v) is 15.8. The molecule has 11 heteroatoms. The number of hydrogen-bond donors (Lipinski definition) is 0. The predicted molar refractivity (Wildman–Crippen MR) is 94.7 cm³/mol. The van der Waals surface area contributed by atoms with Crippen molar-refractivity contribution in [2.45, 2.75) is 39.2 Å². The quantitative estimate of drug-likeness (QED) is 0.131. The summed E-state index contributed by atoms with van der Waals surface area (Å²) in [7, 11) is 0. The summed E-state index contributed by atoms with van der Waals surface area (Å²) in [5, 5.41) is 10.6. The van der Waals surface area contributed by atoms with Crippen LogP contribution >= 0.6 is 0 Å². The van der Waals surface area contributed by atoms with Gasteiger partial charge in [0.25, 0.3) is 11.5 Å². The van der Waals surface area contributed by atoms with Gasteiger partial charge in [-0.05, 0) is 45.7 Å². The van der Waals surface area contributed by atoms with Crippen molar-refractivity contribution in [2.24, 2.45) is 5.41 Å². The number of ketones is 1. The molecule has 1 aliphatic rings. The van der Waals surface area contributed by atoms with Crippen molar-refractivity contribution in [1.82, 2.24) is 0 Å². The van der Waals surface area contributed by atoms with Crippen LogP contribution in [0.1, 0.15) is 44.0 Å². The van der Waals surface area contributed by atoms with E-state index >= 15 is 0 Å². The van der Waals surface area contributed by atoms with Gasteiger partial charge in [0, 0.05) is 12.1 Å². The molecule has 0 bridgehead atoms. The maximum Gasteiger partial charge on any atom is 0.442 e. The van der Waals surface area contributed by atoms with Crippen molar-refractivity contribution in [3.8, 4) is 0 Å². The van der Waals surface area contributed by atoms with Gasteiger partial charge in [0.05, 0.1) is 10.5 Å². The first-order valence-electron chi connectivity index (χ1n) is 8.42. The fourth-order valence-electron chi connectivity index (χ4n) is 2.34. The summed E-state index contributed by atoms with van der Waals surface area (Å²) >= 11 is 0. The summed E-state index contributed by atoms with van der Waals surface area (Å²) in [6, 6.07) is 4.29. The van der Waals surface area contributed by atoms with Crippen LogP contribution in [0.2, 0.25) is 0 Å². The summed E-state index contributed by atoms with van der Waals surface area (Å²) in [5.41, 5.74) is 4.88. The van der Waals surface area contributed by atoms with Crippen LogP contribution < -0.4 is 0 Å². The van der Waals surface area contributed by atoms with E-state index < -0.39 is 45.3 Å². The molecule has 152 valence electrons. The number of ether oxygens (including phenoxy) is 2. The Labute approximate surface area is 164 Å². The second-order valence-electron chi connectivity index (χ2n) is 7.34. The zero-order valence-electron chi connectivity index (χ0n) is 15.8. The molecule has 2 rings (SSSR count). The standard InChI is InChI=1S/C18H17N3O8/c1-17(2,3)29-15(24)12(20-19)13(22)18(8-9-18)16(25)28-14(23)10-4-6-11(7-5-10)21(26)27/h4-7H,8-9H2,1-3H3. The minimum Gasteiger partial charge on any atom is -0.451 e. The molecule has 1 aromatic rings. The number of non-ortho nitro benzene ring substituents is 1. The highest BCUT2D eigenvalue weighted by atomic mass is 16.6. The van der Waals surface area contributed by atoms with Crippen LogP contribution in [0.5, 0.6) is 0 Å². The molecule has 0 N–H and O–H groups in total. The van der Waals surface area contributed by atoms with Crippen molar-refractivity contribution in [1.29, 1.82) is 0 Å². The van der Waals surface area contributed by atoms with Gasteiger partial charge >= 0.3 is 23.6 Å². The molecular formula is C18H17N3O8. The third kappa shape index (κ3) is 4.77. The van der Waals surface area contributed by atoms with Gasteiger partial charge in [0.1, 0.15) is 11.0 Å². The average molecular weight is 403 g/mol. The maximum absolute atomic E-state index is 12.6. The van der Waals surface area contributed by atoms with E-state index in [0.717, 1.165) is 24.3 Å². The molecule has 1 aliphatic carbocycles. The predicted octanol–water partition coefficient (Wildman–Crippen LogP) is 1.64. The van der Waals surface area contributed by atoms with Crippen LogP contribution in [-0.4, -0.2) is 44.7 Å². The lowest BCUT2D eigenvalue weighted by Gasteiger charge is -2.18. The zero-order chi connectivity index (χ0) is 22.0. The molecule has 0 spiro atoms. The molecule has 0 aromatic heterocycles. The largest absolute Gasteiger partial charge is 0.451 e. The number of carbonyl (C=O) groups is 4. The molecule has 0 heterocycles. The Bertz CT molecular complexity index is 948. The Balaban J connectivity index is 2.14. The fourth-order valence-corrected chi connectivity index (χ4v) is 2.34. The van der Waals surface area contributed by atoms with Crippen molar-refractivity contribution in [3.05, 3.63) is 45.5 Å². The van der Waals surface area contributed by atoms with Crippen LogP contribution in [0.15, 0.2) is 24.3 Å². The van der Waals surface area contributed by atoms with Gasteiger partial charge in [0.15, 0.2) is 0 Å². The molecule has 1 fully saturated rings. The highest BCUT2D eigenvalue weighted by Crippen LogP contribution is 2.48. The van der Waals surface area contributed by atoms with Gasteiger partial charge in [0.2, 0.25) is 0 Å². The van der Waals surface area contributed by atoms with Crippen molar-refractivity contribution < 1.29 is 38.4 Å². The Kier molecular flexibility index (Phi) is 5.75. The summed E-state index contributed by atoms with van der Waals surface area (Å²) in [6.45, 7) is 4.61. The number of nitro benzene ring substituents is 1. The normalized spacial score (nSPS) is 14.2. The highest BCUT2D eigenvalue weighted by Gasteiger charge is 2.63. The number of Topliss-reactive ketones (excluding diaryl/α,β-unsaturated/α-hetero) is 1. The minimum absolute atomic E-state index is 0.0139. The van der Waals surface area contributed by atoms with Crippen molar-refractivity contribution >= 4 is 35.1 Å². The van der Waals surface area contributed by atoms with Crippen LogP contribution in [-0.2, 0) is 23.9 Å². The van der Waals surface area contributed by atoms with Crippen molar-refractivity contribution in [3.63, 3.8) is 0 Å². The smallest absolute Gasteiger partial charge is 0.442 e. The molecule has 1 saturated carbocycles. The summed E-state index contributed by atoms with van der Waals surface area (Å²) in [4.78, 5) is 61.8. The summed E-state index contributed by atoms with van der Waals surface area (Å²) < 4.78 is 9.67. The number of rotatable bonds is 6. The van der Waals surface area contributed by atoms with E-state index in [1.807, 2.05) is 0 Å². The Hall–Kier alpha value is -3.72. The molecule has 0 aliphatic heterocycles. The maximum atomic E-state index is 12.6. The van der Waals surface area contributed by atoms with Crippen LogP contribution in [0.4, 0.5) is 5.69 Å². The lowest BCUT2D eigenvalue weighted by atomic mass is 9.97. The van der Waals surface area contributed by atoms with E-state index in [1.54, 1.807) is 0 Å². The number of carbonyl (C=O) groups excluding carboxylic acids is 4. The van der Waals surface area contributed by atoms with E-state index in [0.29, 0.717) is 0 Å². The van der Waals surface area contributed by atoms with E-state index in [1.165, 1.54) is 20.8 Å². The number of esters is 3. The Morgan fingerprint density at radius 1 is 1.14 bits per heavy atom. The topological polar surface area (TPSA) is 166 Å². The molecule has 0 amide bonds. The number of nitrogens with zero attached hydrogens (tertiary/aromatic N) is 3. The average Bonchev–Trinajstić information content (AvgIpc) is 3.42. The van der Waals surface area contributed by atoms with E-state index in [2.05, 4.69) is 4.79 Å². The molecule has 1 aromatic carbocycles. The Morgan fingerprint density at radius 2 is 1.69 bits per heavy atom. The molecule has 0 atom stereocenters. The van der Waals surface area contributed by atoms with Crippen molar-refractivity contribution in [2.75, 3.05) is 0 Å². The van der Waals surface area contributed by atoms with E-state index in [9.17, 15) is 29.3 Å². The summed E-state index contributed by atoms with van der Waals surface area (Å²) in [5.74, 6) is -4.67. The van der Waals surface area contributed by atoms with Gasteiger partial charge in [-0.2, -0.15) is 4.79 Å².